The van der Waals surface area contributed by atoms with Gasteiger partial charge in [0.1, 0.15) is 0 Å². The highest BCUT2D eigenvalue weighted by atomic mass is 127. The molecule has 1 aromatic heterocycles. The predicted octanol–water partition coefficient (Wildman–Crippen LogP) is 3.02. The lowest BCUT2D eigenvalue weighted by atomic mass is 10.2. The molecule has 1 heterocycles. The Hall–Kier alpha value is -1.52. The molecule has 0 unspecified atom stereocenters. The van der Waals surface area contributed by atoms with Crippen LogP contribution in [0.4, 0.5) is 13.2 Å². The molecule has 1 aliphatic carbocycles. The number of hydrogen-bond acceptors (Lipinski definition) is 3. The van der Waals surface area contributed by atoms with E-state index in [9.17, 15) is 13.2 Å². The number of guanidine groups is 1. The highest BCUT2D eigenvalue weighted by Crippen LogP contribution is 2.19. The van der Waals surface area contributed by atoms with Gasteiger partial charge in [0.05, 0.1) is 0 Å². The normalized spacial score (nSPS) is 15.1. The molecule has 0 bridgehead atoms. The molecule has 0 fully saturated rings. The summed E-state index contributed by atoms with van der Waals surface area (Å²) in [6.07, 6.45) is 3.03. The zero-order valence-corrected chi connectivity index (χ0v) is 15.5. The Morgan fingerprint density at radius 2 is 2.08 bits per heavy atom. The van der Waals surface area contributed by atoms with Crippen molar-refractivity contribution in [2.24, 2.45) is 4.99 Å². The van der Waals surface area contributed by atoms with Gasteiger partial charge in [-0.25, -0.2) is 4.98 Å². The summed E-state index contributed by atoms with van der Waals surface area (Å²) in [5.74, 6) is 0.555. The van der Waals surface area contributed by atoms with Gasteiger partial charge in [-0.3, -0.25) is 4.99 Å². The van der Waals surface area contributed by atoms with Crippen molar-refractivity contribution in [3.8, 4) is 5.88 Å². The van der Waals surface area contributed by atoms with Crippen molar-refractivity contribution in [3.05, 3.63) is 36.0 Å². The zero-order valence-electron chi connectivity index (χ0n) is 13.1. The summed E-state index contributed by atoms with van der Waals surface area (Å²) in [4.78, 5) is 7.96. The number of pyridine rings is 1. The third kappa shape index (κ3) is 6.93. The Bertz CT molecular complexity index is 570. The quantitative estimate of drug-likeness (QED) is 0.310. The van der Waals surface area contributed by atoms with Gasteiger partial charge >= 0.3 is 6.18 Å². The van der Waals surface area contributed by atoms with Crippen molar-refractivity contribution in [2.45, 2.75) is 31.6 Å². The first-order chi connectivity index (χ1) is 11.0. The van der Waals surface area contributed by atoms with Crippen molar-refractivity contribution < 1.29 is 17.9 Å². The van der Waals surface area contributed by atoms with E-state index in [4.69, 9.17) is 4.74 Å². The second-order valence-electron chi connectivity index (χ2n) is 5.08. The van der Waals surface area contributed by atoms with Crippen LogP contribution in [0.15, 0.2) is 35.5 Å². The molecule has 0 amide bonds. The summed E-state index contributed by atoms with van der Waals surface area (Å²) in [5, 5.41) is 6.31. The Balaban J connectivity index is 0.00000288. The lowest BCUT2D eigenvalue weighted by molar-refractivity contribution is -0.154. The van der Waals surface area contributed by atoms with Crippen molar-refractivity contribution in [1.82, 2.24) is 15.6 Å². The van der Waals surface area contributed by atoms with E-state index in [1.807, 2.05) is 0 Å². The maximum atomic E-state index is 12.3. The molecule has 0 saturated carbocycles. The average molecular weight is 456 g/mol. The summed E-state index contributed by atoms with van der Waals surface area (Å²) in [5.41, 5.74) is 0.532. The van der Waals surface area contributed by atoms with Gasteiger partial charge in [-0.1, -0.05) is 18.2 Å². The summed E-state index contributed by atoms with van der Waals surface area (Å²) in [7, 11) is 1.64. The maximum Gasteiger partial charge on any atom is 0.422 e. The van der Waals surface area contributed by atoms with Crippen molar-refractivity contribution in [3.63, 3.8) is 0 Å². The molecule has 5 nitrogen and oxygen atoms in total. The Morgan fingerprint density at radius 3 is 2.71 bits per heavy atom. The topological polar surface area (TPSA) is 58.5 Å². The number of halogens is 4. The third-order valence-corrected chi connectivity index (χ3v) is 3.24. The van der Waals surface area contributed by atoms with Crippen molar-refractivity contribution in [2.75, 3.05) is 13.7 Å². The van der Waals surface area contributed by atoms with Gasteiger partial charge < -0.3 is 15.4 Å². The molecule has 0 saturated heterocycles. The lowest BCUT2D eigenvalue weighted by Crippen LogP contribution is -2.42. The van der Waals surface area contributed by atoms with Gasteiger partial charge in [-0.05, 0) is 18.9 Å². The molecular weight excluding hydrogens is 436 g/mol. The van der Waals surface area contributed by atoms with Gasteiger partial charge in [-0.15, -0.1) is 24.0 Å². The monoisotopic (exact) mass is 456 g/mol. The molecule has 24 heavy (non-hydrogen) atoms. The van der Waals surface area contributed by atoms with Crippen LogP contribution in [0.25, 0.3) is 0 Å². The fourth-order valence-corrected chi connectivity index (χ4v) is 2.14. The Labute approximate surface area is 155 Å². The SMILES string of the molecule is CN=C(NCc1cccnc1OCC(F)(F)F)NC1CC=CC1.I. The molecule has 1 aliphatic rings. The number of ether oxygens (including phenoxy) is 1. The second-order valence-corrected chi connectivity index (χ2v) is 5.08. The minimum Gasteiger partial charge on any atom is -0.468 e. The highest BCUT2D eigenvalue weighted by Gasteiger charge is 2.29. The first kappa shape index (κ1) is 20.5. The van der Waals surface area contributed by atoms with Crippen molar-refractivity contribution >= 4 is 29.9 Å². The third-order valence-electron chi connectivity index (χ3n) is 3.24. The summed E-state index contributed by atoms with van der Waals surface area (Å²) in [6.45, 7) is -1.10. The first-order valence-electron chi connectivity index (χ1n) is 7.23. The minimum atomic E-state index is -4.39. The molecule has 0 aliphatic heterocycles. The van der Waals surface area contributed by atoms with E-state index in [0.29, 0.717) is 11.5 Å². The standard InChI is InChI=1S/C15H19F3N4O.HI/c1-19-14(22-12-6-2-3-7-12)21-9-11-5-4-8-20-13(11)23-10-15(16,17)18;/h2-5,8,12H,6-7,9-10H2,1H3,(H2,19,21,22);1H. The van der Waals surface area contributed by atoms with Crippen LogP contribution < -0.4 is 15.4 Å². The van der Waals surface area contributed by atoms with E-state index < -0.39 is 12.8 Å². The molecular formula is C15H20F3IN4O. The molecule has 2 N–H and O–H groups in total. The van der Waals surface area contributed by atoms with E-state index in [0.717, 1.165) is 12.8 Å². The summed E-state index contributed by atoms with van der Waals surface area (Å²) >= 11 is 0. The fourth-order valence-electron chi connectivity index (χ4n) is 2.14. The molecule has 2 rings (SSSR count). The van der Waals surface area contributed by atoms with E-state index in [-0.39, 0.29) is 42.4 Å². The summed E-state index contributed by atoms with van der Waals surface area (Å²) < 4.78 is 41.6. The van der Waals surface area contributed by atoms with Crippen LogP contribution in [0.5, 0.6) is 5.88 Å². The van der Waals surface area contributed by atoms with Crippen molar-refractivity contribution in [1.29, 1.82) is 0 Å². The van der Waals surface area contributed by atoms with Crippen LogP contribution in [0.1, 0.15) is 18.4 Å². The number of hydrogen-bond donors (Lipinski definition) is 2. The number of nitrogens with zero attached hydrogens (tertiary/aromatic N) is 2. The maximum absolute atomic E-state index is 12.3. The lowest BCUT2D eigenvalue weighted by Gasteiger charge is -2.18. The average Bonchev–Trinajstić information content (AvgIpc) is 3.02. The molecule has 134 valence electrons. The molecule has 9 heteroatoms. The van der Waals surface area contributed by atoms with E-state index >= 15 is 0 Å². The number of aromatic nitrogens is 1. The minimum absolute atomic E-state index is 0. The highest BCUT2D eigenvalue weighted by molar-refractivity contribution is 14.0. The molecule has 0 radical (unpaired) electrons. The summed E-state index contributed by atoms with van der Waals surface area (Å²) in [6, 6.07) is 3.60. The van der Waals surface area contributed by atoms with Crippen LogP contribution in [-0.2, 0) is 6.54 Å². The van der Waals surface area contributed by atoms with Crippen LogP contribution in [-0.4, -0.2) is 36.8 Å². The van der Waals surface area contributed by atoms with Crippen LogP contribution in [0.2, 0.25) is 0 Å². The van der Waals surface area contributed by atoms with Crippen LogP contribution in [0.3, 0.4) is 0 Å². The van der Waals surface area contributed by atoms with E-state index in [1.54, 1.807) is 19.2 Å². The Kier molecular flexibility index (Phi) is 8.29. The number of aliphatic imine (C=N–C) groups is 1. The fraction of sp³-hybridized carbons (Fsp3) is 0.467. The number of rotatable bonds is 5. The van der Waals surface area contributed by atoms with E-state index in [2.05, 4.69) is 32.8 Å². The number of nitrogens with one attached hydrogen (secondary N) is 2. The van der Waals surface area contributed by atoms with Gasteiger partial charge in [0.2, 0.25) is 5.88 Å². The number of alkyl halides is 3. The van der Waals surface area contributed by atoms with E-state index in [1.165, 1.54) is 6.20 Å². The van der Waals surface area contributed by atoms with Gasteiger partial charge in [-0.2, -0.15) is 13.2 Å². The molecule has 0 atom stereocenters. The van der Waals surface area contributed by atoms with Gasteiger partial charge in [0.15, 0.2) is 12.6 Å². The molecule has 0 spiro atoms. The Morgan fingerprint density at radius 1 is 1.38 bits per heavy atom. The molecule has 0 aromatic carbocycles. The van der Waals surface area contributed by atoms with Crippen LogP contribution in [0, 0.1) is 0 Å². The zero-order chi connectivity index (χ0) is 16.7. The predicted molar refractivity (Wildman–Crippen MR) is 96.7 cm³/mol. The van der Waals surface area contributed by atoms with Crippen LogP contribution >= 0.6 is 24.0 Å². The smallest absolute Gasteiger partial charge is 0.422 e. The van der Waals surface area contributed by atoms with Gasteiger partial charge in [0.25, 0.3) is 0 Å². The largest absolute Gasteiger partial charge is 0.468 e. The second kappa shape index (κ2) is 9.70. The first-order valence-corrected chi connectivity index (χ1v) is 7.23. The molecule has 1 aromatic rings. The van der Waals surface area contributed by atoms with Gasteiger partial charge in [0, 0.05) is 31.4 Å².